The van der Waals surface area contributed by atoms with E-state index < -0.39 is 0 Å². The maximum atomic E-state index is 5.61. The third kappa shape index (κ3) is 1.24. The highest BCUT2D eigenvalue weighted by molar-refractivity contribution is 5.85. The summed E-state index contributed by atoms with van der Waals surface area (Å²) in [6.45, 7) is 0.468. The van der Waals surface area contributed by atoms with Crippen molar-refractivity contribution in [2.75, 3.05) is 7.11 Å². The van der Waals surface area contributed by atoms with E-state index in [9.17, 15) is 0 Å². The standard InChI is InChI=1S/C10H13N3O/c1-13-6-8-4-3-7(5-11)10(14-2)9(8)12-13/h3-4,6H,5,11H2,1-2H3. The fourth-order valence-electron chi connectivity index (χ4n) is 1.61. The molecule has 0 saturated carbocycles. The Kier molecular flexibility index (Phi) is 2.13. The molecule has 0 aliphatic carbocycles. The van der Waals surface area contributed by atoms with Crippen LogP contribution >= 0.6 is 0 Å². The molecule has 1 aromatic carbocycles. The highest BCUT2D eigenvalue weighted by atomic mass is 16.5. The van der Waals surface area contributed by atoms with Crippen molar-refractivity contribution in [3.63, 3.8) is 0 Å². The number of ether oxygens (including phenoxy) is 1. The molecule has 4 heteroatoms. The van der Waals surface area contributed by atoms with Gasteiger partial charge in [-0.3, -0.25) is 4.68 Å². The number of nitrogens with zero attached hydrogens (tertiary/aromatic N) is 2. The monoisotopic (exact) mass is 191 g/mol. The summed E-state index contributed by atoms with van der Waals surface area (Å²) in [5.74, 6) is 0.783. The Morgan fingerprint density at radius 3 is 2.93 bits per heavy atom. The van der Waals surface area contributed by atoms with Crippen LogP contribution in [0.15, 0.2) is 18.3 Å². The molecule has 0 aliphatic rings. The van der Waals surface area contributed by atoms with Crippen molar-refractivity contribution in [1.82, 2.24) is 9.78 Å². The fourth-order valence-corrected chi connectivity index (χ4v) is 1.61. The summed E-state index contributed by atoms with van der Waals surface area (Å²) in [6.07, 6.45) is 1.96. The molecule has 4 nitrogen and oxygen atoms in total. The van der Waals surface area contributed by atoms with Crippen LogP contribution in [0.3, 0.4) is 0 Å². The van der Waals surface area contributed by atoms with E-state index in [0.29, 0.717) is 6.54 Å². The van der Waals surface area contributed by atoms with Crippen LogP contribution in [0.1, 0.15) is 5.56 Å². The molecule has 0 radical (unpaired) electrons. The molecule has 0 amide bonds. The van der Waals surface area contributed by atoms with Gasteiger partial charge in [0.15, 0.2) is 5.75 Å². The number of fused-ring (bicyclic) bond motifs is 1. The van der Waals surface area contributed by atoms with Crippen LogP contribution in [0.2, 0.25) is 0 Å². The molecule has 2 rings (SSSR count). The maximum Gasteiger partial charge on any atom is 0.151 e. The van der Waals surface area contributed by atoms with E-state index in [-0.39, 0.29) is 0 Å². The van der Waals surface area contributed by atoms with Crippen molar-refractivity contribution in [3.8, 4) is 5.75 Å². The molecular formula is C10H13N3O. The summed E-state index contributed by atoms with van der Waals surface area (Å²) in [7, 11) is 3.53. The molecule has 1 heterocycles. The lowest BCUT2D eigenvalue weighted by atomic mass is 10.1. The summed E-state index contributed by atoms with van der Waals surface area (Å²) in [5.41, 5.74) is 7.47. The van der Waals surface area contributed by atoms with Crippen LogP contribution in [-0.4, -0.2) is 16.9 Å². The summed E-state index contributed by atoms with van der Waals surface area (Å²) >= 11 is 0. The van der Waals surface area contributed by atoms with Crippen molar-refractivity contribution in [2.24, 2.45) is 12.8 Å². The van der Waals surface area contributed by atoms with E-state index in [4.69, 9.17) is 10.5 Å². The van der Waals surface area contributed by atoms with Gasteiger partial charge in [-0.05, 0) is 0 Å². The van der Waals surface area contributed by atoms with Crippen LogP contribution in [0.25, 0.3) is 10.9 Å². The van der Waals surface area contributed by atoms with Crippen LogP contribution < -0.4 is 10.5 Å². The molecule has 0 fully saturated rings. The summed E-state index contributed by atoms with van der Waals surface area (Å²) in [4.78, 5) is 0. The molecular weight excluding hydrogens is 178 g/mol. The van der Waals surface area contributed by atoms with Gasteiger partial charge < -0.3 is 10.5 Å². The van der Waals surface area contributed by atoms with Crippen LogP contribution in [0, 0.1) is 0 Å². The molecule has 14 heavy (non-hydrogen) atoms. The molecule has 0 aliphatic heterocycles. The third-order valence-corrected chi connectivity index (χ3v) is 2.25. The van der Waals surface area contributed by atoms with Gasteiger partial charge in [0, 0.05) is 30.7 Å². The molecule has 0 spiro atoms. The first kappa shape index (κ1) is 9.02. The lowest BCUT2D eigenvalue weighted by molar-refractivity contribution is 0.413. The van der Waals surface area contributed by atoms with Gasteiger partial charge >= 0.3 is 0 Å². The minimum atomic E-state index is 0.468. The second-order valence-corrected chi connectivity index (χ2v) is 3.20. The number of hydrogen-bond donors (Lipinski definition) is 1. The molecule has 74 valence electrons. The van der Waals surface area contributed by atoms with Gasteiger partial charge in [0.2, 0.25) is 0 Å². The van der Waals surface area contributed by atoms with E-state index in [1.807, 2.05) is 25.4 Å². The molecule has 2 N–H and O–H groups in total. The molecule has 0 saturated heterocycles. The number of aromatic nitrogens is 2. The predicted molar refractivity (Wildman–Crippen MR) is 55.2 cm³/mol. The SMILES string of the molecule is COc1c(CN)ccc2cn(C)nc12. The van der Waals surface area contributed by atoms with Crippen molar-refractivity contribution in [2.45, 2.75) is 6.54 Å². The lowest BCUT2D eigenvalue weighted by Crippen LogP contribution is -2.00. The second kappa shape index (κ2) is 3.31. The van der Waals surface area contributed by atoms with Crippen LogP contribution in [0.4, 0.5) is 0 Å². The van der Waals surface area contributed by atoms with Crippen molar-refractivity contribution >= 4 is 10.9 Å². The van der Waals surface area contributed by atoms with E-state index >= 15 is 0 Å². The van der Waals surface area contributed by atoms with Crippen LogP contribution in [0.5, 0.6) is 5.75 Å². The smallest absolute Gasteiger partial charge is 0.151 e. The van der Waals surface area contributed by atoms with Gasteiger partial charge in [0.25, 0.3) is 0 Å². The predicted octanol–water partition coefficient (Wildman–Crippen LogP) is 1.04. The maximum absolute atomic E-state index is 5.61. The minimum absolute atomic E-state index is 0.468. The number of hydrogen-bond acceptors (Lipinski definition) is 3. The molecule has 2 aromatic rings. The first-order chi connectivity index (χ1) is 6.76. The highest BCUT2D eigenvalue weighted by Gasteiger charge is 2.09. The molecule has 0 bridgehead atoms. The summed E-state index contributed by atoms with van der Waals surface area (Å²) < 4.78 is 7.08. The minimum Gasteiger partial charge on any atom is -0.494 e. The van der Waals surface area contributed by atoms with E-state index in [0.717, 1.165) is 22.2 Å². The Morgan fingerprint density at radius 1 is 1.50 bits per heavy atom. The van der Waals surface area contributed by atoms with Crippen molar-refractivity contribution in [3.05, 3.63) is 23.9 Å². The average molecular weight is 191 g/mol. The Balaban J connectivity index is 2.75. The number of nitrogens with two attached hydrogens (primary N) is 1. The highest BCUT2D eigenvalue weighted by Crippen LogP contribution is 2.27. The normalized spacial score (nSPS) is 10.8. The van der Waals surface area contributed by atoms with Gasteiger partial charge in [-0.1, -0.05) is 12.1 Å². The van der Waals surface area contributed by atoms with Crippen molar-refractivity contribution < 1.29 is 4.74 Å². The quantitative estimate of drug-likeness (QED) is 0.771. The van der Waals surface area contributed by atoms with E-state index in [1.54, 1.807) is 11.8 Å². The summed E-state index contributed by atoms with van der Waals surface area (Å²) in [6, 6.07) is 3.98. The number of benzene rings is 1. The summed E-state index contributed by atoms with van der Waals surface area (Å²) in [5, 5.41) is 5.40. The van der Waals surface area contributed by atoms with Gasteiger partial charge in [0.1, 0.15) is 5.52 Å². The zero-order valence-electron chi connectivity index (χ0n) is 8.32. The van der Waals surface area contributed by atoms with Crippen LogP contribution in [-0.2, 0) is 13.6 Å². The lowest BCUT2D eigenvalue weighted by Gasteiger charge is -2.05. The Hall–Kier alpha value is -1.55. The number of rotatable bonds is 2. The first-order valence-corrected chi connectivity index (χ1v) is 4.45. The van der Waals surface area contributed by atoms with Gasteiger partial charge in [-0.25, -0.2) is 0 Å². The van der Waals surface area contributed by atoms with E-state index in [1.165, 1.54) is 0 Å². The average Bonchev–Trinajstić information content (AvgIpc) is 2.56. The zero-order valence-corrected chi connectivity index (χ0v) is 8.32. The Labute approximate surface area is 82.3 Å². The topological polar surface area (TPSA) is 53.1 Å². The fraction of sp³-hybridized carbons (Fsp3) is 0.300. The van der Waals surface area contributed by atoms with Gasteiger partial charge in [-0.2, -0.15) is 5.10 Å². The first-order valence-electron chi connectivity index (χ1n) is 4.45. The third-order valence-electron chi connectivity index (χ3n) is 2.25. The second-order valence-electron chi connectivity index (χ2n) is 3.20. The van der Waals surface area contributed by atoms with Gasteiger partial charge in [0.05, 0.1) is 7.11 Å². The molecule has 1 aromatic heterocycles. The van der Waals surface area contributed by atoms with E-state index in [2.05, 4.69) is 5.10 Å². The number of aryl methyl sites for hydroxylation is 1. The number of methoxy groups -OCH3 is 1. The Bertz CT molecular complexity index is 462. The largest absolute Gasteiger partial charge is 0.494 e. The molecule has 0 atom stereocenters. The molecule has 0 unspecified atom stereocenters. The zero-order chi connectivity index (χ0) is 10.1. The van der Waals surface area contributed by atoms with Gasteiger partial charge in [-0.15, -0.1) is 0 Å². The Morgan fingerprint density at radius 2 is 2.29 bits per heavy atom. The van der Waals surface area contributed by atoms with Crippen molar-refractivity contribution in [1.29, 1.82) is 0 Å².